The number of rotatable bonds is 2. The minimum Gasteiger partial charge on any atom is -0.477 e. The Hall–Kier alpha value is -2.04. The van der Waals surface area contributed by atoms with Gasteiger partial charge in [0, 0.05) is 18.9 Å². The number of primary amides is 1. The maximum Gasteiger partial charge on any atom is 0.308 e. The van der Waals surface area contributed by atoms with Gasteiger partial charge in [-0.2, -0.15) is 0 Å². The Balaban J connectivity index is 2.59. The molecule has 0 saturated carbocycles. The van der Waals surface area contributed by atoms with Gasteiger partial charge in [-0.15, -0.1) is 0 Å². The second-order valence-electron chi connectivity index (χ2n) is 5.80. The third-order valence-corrected chi connectivity index (χ3v) is 4.26. The summed E-state index contributed by atoms with van der Waals surface area (Å²) in [6.45, 7) is 8.77. The van der Waals surface area contributed by atoms with Crippen molar-refractivity contribution >= 4 is 11.9 Å². The van der Waals surface area contributed by atoms with Crippen LogP contribution in [0.15, 0.2) is 0 Å². The maximum atomic E-state index is 11.6. The first-order valence-electron chi connectivity index (χ1n) is 6.97. The lowest BCUT2D eigenvalue weighted by Crippen LogP contribution is -2.48. The maximum absolute atomic E-state index is 11.6. The molecule has 5 nitrogen and oxygen atoms in total. The molecular weight excluding hydrogens is 270 g/mol. The number of ether oxygens (including phenoxy) is 2. The van der Waals surface area contributed by atoms with Gasteiger partial charge >= 0.3 is 5.97 Å². The van der Waals surface area contributed by atoms with Crippen LogP contribution in [0.5, 0.6) is 11.5 Å². The molecule has 114 valence electrons. The van der Waals surface area contributed by atoms with Gasteiger partial charge in [0.15, 0.2) is 5.60 Å². The Morgan fingerprint density at radius 2 is 1.81 bits per heavy atom. The lowest BCUT2D eigenvalue weighted by atomic mass is 9.87. The molecule has 0 aliphatic carbocycles. The number of hydrogen-bond acceptors (Lipinski definition) is 4. The third kappa shape index (κ3) is 2.48. The molecule has 0 bridgehead atoms. The highest BCUT2D eigenvalue weighted by Gasteiger charge is 2.39. The number of carbonyl (C=O) groups is 2. The largest absolute Gasteiger partial charge is 0.477 e. The third-order valence-electron chi connectivity index (χ3n) is 4.26. The molecule has 1 heterocycles. The fourth-order valence-electron chi connectivity index (χ4n) is 2.70. The molecule has 1 aliphatic rings. The van der Waals surface area contributed by atoms with E-state index in [1.807, 2.05) is 20.8 Å². The molecule has 0 fully saturated rings. The number of amides is 1. The Morgan fingerprint density at radius 1 is 1.19 bits per heavy atom. The highest BCUT2D eigenvalue weighted by Crippen LogP contribution is 2.43. The number of nitrogens with two attached hydrogens (primary N) is 1. The van der Waals surface area contributed by atoms with E-state index >= 15 is 0 Å². The van der Waals surface area contributed by atoms with Crippen LogP contribution in [0.2, 0.25) is 0 Å². The van der Waals surface area contributed by atoms with E-state index in [1.54, 1.807) is 6.92 Å². The van der Waals surface area contributed by atoms with Gasteiger partial charge in [-0.25, -0.2) is 0 Å². The summed E-state index contributed by atoms with van der Waals surface area (Å²) in [5, 5.41) is 0. The van der Waals surface area contributed by atoms with Crippen LogP contribution in [0.1, 0.15) is 42.5 Å². The Morgan fingerprint density at radius 3 is 2.33 bits per heavy atom. The van der Waals surface area contributed by atoms with Crippen molar-refractivity contribution in [2.24, 2.45) is 5.73 Å². The molecular formula is C16H21NO4. The molecule has 1 unspecified atom stereocenters. The van der Waals surface area contributed by atoms with Crippen molar-refractivity contribution in [2.45, 2.75) is 53.1 Å². The van der Waals surface area contributed by atoms with Crippen LogP contribution in [0.25, 0.3) is 0 Å². The molecule has 2 rings (SSSR count). The van der Waals surface area contributed by atoms with Crippen molar-refractivity contribution in [1.82, 2.24) is 0 Å². The van der Waals surface area contributed by atoms with E-state index in [4.69, 9.17) is 15.2 Å². The average Bonchev–Trinajstić information content (AvgIpc) is 2.40. The standard InChI is InChI=1S/C16H21NO4/c1-8-9(2)14-12(10(3)13(8)20-11(4)18)6-7-16(5,21-14)15(17)19/h6-7H2,1-5H3,(H2,17,19). The van der Waals surface area contributed by atoms with Gasteiger partial charge in [0.25, 0.3) is 5.91 Å². The van der Waals surface area contributed by atoms with Crippen molar-refractivity contribution in [3.63, 3.8) is 0 Å². The molecule has 5 heteroatoms. The van der Waals surface area contributed by atoms with Gasteiger partial charge in [0.1, 0.15) is 11.5 Å². The van der Waals surface area contributed by atoms with Gasteiger partial charge in [-0.1, -0.05) is 0 Å². The number of hydrogen-bond donors (Lipinski definition) is 1. The van der Waals surface area contributed by atoms with Crippen LogP contribution in [-0.2, 0) is 16.0 Å². The average molecular weight is 291 g/mol. The first kappa shape index (κ1) is 15.4. The van der Waals surface area contributed by atoms with Gasteiger partial charge in [-0.05, 0) is 50.8 Å². The van der Waals surface area contributed by atoms with Crippen molar-refractivity contribution in [1.29, 1.82) is 0 Å². The topological polar surface area (TPSA) is 78.6 Å². The first-order chi connectivity index (χ1) is 9.67. The van der Waals surface area contributed by atoms with E-state index in [9.17, 15) is 9.59 Å². The molecule has 1 amide bonds. The predicted molar refractivity (Wildman–Crippen MR) is 78.5 cm³/mol. The van der Waals surface area contributed by atoms with Gasteiger partial charge in [0.05, 0.1) is 0 Å². The highest BCUT2D eigenvalue weighted by molar-refractivity contribution is 5.84. The van der Waals surface area contributed by atoms with Crippen LogP contribution in [-0.4, -0.2) is 17.5 Å². The van der Waals surface area contributed by atoms with E-state index < -0.39 is 11.5 Å². The van der Waals surface area contributed by atoms with Crippen molar-refractivity contribution in [2.75, 3.05) is 0 Å². The van der Waals surface area contributed by atoms with Crippen LogP contribution in [0, 0.1) is 20.8 Å². The Labute approximate surface area is 124 Å². The lowest BCUT2D eigenvalue weighted by molar-refractivity contribution is -0.133. The molecule has 1 aromatic rings. The zero-order valence-electron chi connectivity index (χ0n) is 13.1. The molecule has 1 aromatic carbocycles. The minimum absolute atomic E-state index is 0.348. The fraction of sp³-hybridized carbons (Fsp3) is 0.500. The number of fused-ring (bicyclic) bond motifs is 1. The van der Waals surface area contributed by atoms with E-state index in [0.29, 0.717) is 24.3 Å². The summed E-state index contributed by atoms with van der Waals surface area (Å²) in [5.41, 5.74) is 8.04. The van der Waals surface area contributed by atoms with Gasteiger partial charge < -0.3 is 15.2 Å². The summed E-state index contributed by atoms with van der Waals surface area (Å²) in [6, 6.07) is 0. The molecule has 1 atom stereocenters. The Bertz CT molecular complexity index is 636. The summed E-state index contributed by atoms with van der Waals surface area (Å²) in [7, 11) is 0. The van der Waals surface area contributed by atoms with E-state index in [-0.39, 0.29) is 5.97 Å². The zero-order chi connectivity index (χ0) is 15.9. The van der Waals surface area contributed by atoms with E-state index in [0.717, 1.165) is 22.3 Å². The Kier molecular flexibility index (Phi) is 3.70. The molecule has 0 radical (unpaired) electrons. The first-order valence-corrected chi connectivity index (χ1v) is 6.97. The molecule has 0 saturated heterocycles. The van der Waals surface area contributed by atoms with Crippen LogP contribution >= 0.6 is 0 Å². The summed E-state index contributed by atoms with van der Waals surface area (Å²) in [4.78, 5) is 22.9. The van der Waals surface area contributed by atoms with Gasteiger partial charge in [-0.3, -0.25) is 9.59 Å². The quantitative estimate of drug-likeness (QED) is 0.668. The fourth-order valence-corrected chi connectivity index (χ4v) is 2.70. The molecule has 1 aliphatic heterocycles. The molecule has 21 heavy (non-hydrogen) atoms. The van der Waals surface area contributed by atoms with E-state index in [2.05, 4.69) is 0 Å². The number of benzene rings is 1. The van der Waals surface area contributed by atoms with Gasteiger partial charge in [0.2, 0.25) is 0 Å². The number of esters is 1. The zero-order valence-corrected chi connectivity index (χ0v) is 13.1. The normalized spacial score (nSPS) is 20.4. The van der Waals surface area contributed by atoms with Crippen LogP contribution < -0.4 is 15.2 Å². The van der Waals surface area contributed by atoms with E-state index in [1.165, 1.54) is 6.92 Å². The summed E-state index contributed by atoms with van der Waals surface area (Å²) in [5.74, 6) is 0.463. The molecule has 0 spiro atoms. The molecule has 2 N–H and O–H groups in total. The lowest BCUT2D eigenvalue weighted by Gasteiger charge is -2.35. The second-order valence-corrected chi connectivity index (χ2v) is 5.80. The van der Waals surface area contributed by atoms with Crippen molar-refractivity contribution in [3.8, 4) is 11.5 Å². The minimum atomic E-state index is -0.987. The predicted octanol–water partition coefficient (Wildman–Crippen LogP) is 2.11. The summed E-state index contributed by atoms with van der Waals surface area (Å²) >= 11 is 0. The van der Waals surface area contributed by atoms with Crippen LogP contribution in [0.3, 0.4) is 0 Å². The smallest absolute Gasteiger partial charge is 0.308 e. The SMILES string of the molecule is CC(=O)Oc1c(C)c(C)c2c(c1C)CCC(C)(C(N)=O)O2. The molecule has 0 aromatic heterocycles. The van der Waals surface area contributed by atoms with Crippen molar-refractivity contribution in [3.05, 3.63) is 22.3 Å². The van der Waals surface area contributed by atoms with Crippen molar-refractivity contribution < 1.29 is 19.1 Å². The second kappa shape index (κ2) is 5.06. The number of carbonyl (C=O) groups excluding carboxylic acids is 2. The van der Waals surface area contributed by atoms with Crippen LogP contribution in [0.4, 0.5) is 0 Å². The summed E-state index contributed by atoms with van der Waals surface area (Å²) < 4.78 is 11.3. The monoisotopic (exact) mass is 291 g/mol. The summed E-state index contributed by atoms with van der Waals surface area (Å²) in [6.07, 6.45) is 1.17. The highest BCUT2D eigenvalue weighted by atomic mass is 16.5.